The van der Waals surface area contributed by atoms with Crippen molar-refractivity contribution in [3.05, 3.63) is 60.0 Å². The van der Waals surface area contributed by atoms with Gasteiger partial charge in [0.25, 0.3) is 5.91 Å². The van der Waals surface area contributed by atoms with Crippen LogP contribution in [0, 0.1) is 0 Å². The molecule has 3 aromatic rings. The lowest BCUT2D eigenvalue weighted by Gasteiger charge is -2.33. The summed E-state index contributed by atoms with van der Waals surface area (Å²) in [5.41, 5.74) is 2.79. The molecule has 2 atom stereocenters. The van der Waals surface area contributed by atoms with Crippen molar-refractivity contribution >= 4 is 17.7 Å². The van der Waals surface area contributed by atoms with Gasteiger partial charge in [0.1, 0.15) is 5.56 Å². The third-order valence-corrected chi connectivity index (χ3v) is 6.13. The summed E-state index contributed by atoms with van der Waals surface area (Å²) in [6.07, 6.45) is 8.92. The lowest BCUT2D eigenvalue weighted by Crippen LogP contribution is -2.51. The molecule has 8 nitrogen and oxygen atoms in total. The Bertz CT molecular complexity index is 1110. The molecule has 1 saturated carbocycles. The number of guanidine groups is 1. The van der Waals surface area contributed by atoms with E-state index in [2.05, 4.69) is 22.1 Å². The molecular formula is C21H21N7O. The van der Waals surface area contributed by atoms with Gasteiger partial charge in [0.2, 0.25) is 5.96 Å². The van der Waals surface area contributed by atoms with Gasteiger partial charge in [-0.2, -0.15) is 10.2 Å². The van der Waals surface area contributed by atoms with E-state index in [9.17, 15) is 4.79 Å². The van der Waals surface area contributed by atoms with Crippen molar-refractivity contribution in [3.8, 4) is 5.69 Å². The molecule has 0 spiro atoms. The van der Waals surface area contributed by atoms with Crippen LogP contribution >= 0.6 is 0 Å². The third kappa shape index (κ3) is 2.45. The molecule has 3 aliphatic rings. The van der Waals surface area contributed by atoms with Crippen LogP contribution in [0.3, 0.4) is 0 Å². The molecule has 0 unspecified atom stereocenters. The van der Waals surface area contributed by atoms with E-state index in [1.807, 2.05) is 47.0 Å². The number of benzene rings is 1. The first-order chi connectivity index (χ1) is 14.2. The van der Waals surface area contributed by atoms with E-state index in [1.54, 1.807) is 11.1 Å². The fourth-order valence-corrected chi connectivity index (χ4v) is 4.69. The van der Waals surface area contributed by atoms with E-state index in [1.165, 1.54) is 6.42 Å². The Kier molecular flexibility index (Phi) is 3.44. The predicted octanol–water partition coefficient (Wildman–Crippen LogP) is 2.30. The molecule has 29 heavy (non-hydrogen) atoms. The molecule has 0 N–H and O–H groups in total. The van der Waals surface area contributed by atoms with Crippen LogP contribution in [-0.2, 0) is 6.54 Å². The molecule has 4 heterocycles. The van der Waals surface area contributed by atoms with Crippen LogP contribution < -0.4 is 4.90 Å². The van der Waals surface area contributed by atoms with Crippen LogP contribution in [0.25, 0.3) is 5.69 Å². The summed E-state index contributed by atoms with van der Waals surface area (Å²) in [7, 11) is 1.81. The van der Waals surface area contributed by atoms with E-state index in [0.29, 0.717) is 18.2 Å². The molecule has 1 amide bonds. The Morgan fingerprint density at radius 1 is 1.17 bits per heavy atom. The second-order valence-corrected chi connectivity index (χ2v) is 7.91. The minimum absolute atomic E-state index is 0.0322. The van der Waals surface area contributed by atoms with Gasteiger partial charge in [-0.25, -0.2) is 9.67 Å². The minimum atomic E-state index is -0.0322. The molecule has 1 fully saturated rings. The van der Waals surface area contributed by atoms with E-state index in [4.69, 9.17) is 10.1 Å². The Morgan fingerprint density at radius 3 is 2.83 bits per heavy atom. The molecule has 1 aliphatic carbocycles. The molecule has 0 bridgehead atoms. The van der Waals surface area contributed by atoms with Gasteiger partial charge >= 0.3 is 0 Å². The van der Waals surface area contributed by atoms with E-state index < -0.39 is 0 Å². The van der Waals surface area contributed by atoms with Crippen molar-refractivity contribution in [2.75, 3.05) is 11.9 Å². The van der Waals surface area contributed by atoms with Gasteiger partial charge in [0.05, 0.1) is 24.3 Å². The second-order valence-electron chi connectivity index (χ2n) is 7.91. The molecule has 6 rings (SSSR count). The van der Waals surface area contributed by atoms with E-state index in [0.717, 1.165) is 35.9 Å². The SMILES string of the molecule is CN1C(=O)c2cn(Cc3ccc(-n4cccn4)cc3)nc2N2C1=N[C@@H]1CCC[C@@H]12. The van der Waals surface area contributed by atoms with E-state index >= 15 is 0 Å². The average molecular weight is 387 g/mol. The summed E-state index contributed by atoms with van der Waals surface area (Å²) in [6.45, 7) is 0.609. The number of anilines is 1. The fraction of sp³-hybridized carbons (Fsp3) is 0.333. The standard InChI is InChI=1S/C21H21N7O/c1-25-20(29)16-13-26(12-14-6-8-15(9-7-14)27-11-3-10-22-27)24-19(16)28-18-5-2-4-17(18)23-21(25)28/h3,6-11,13,17-18H,2,4-5,12H2,1H3/t17-,18+/m1/s1. The normalized spacial score (nSPS) is 22.5. The van der Waals surface area contributed by atoms with Crippen molar-refractivity contribution in [1.29, 1.82) is 0 Å². The van der Waals surface area contributed by atoms with Crippen molar-refractivity contribution in [2.24, 2.45) is 4.99 Å². The van der Waals surface area contributed by atoms with Crippen LogP contribution in [0.1, 0.15) is 35.2 Å². The number of carbonyl (C=O) groups excluding carboxylic acids is 1. The Balaban J connectivity index is 1.31. The quantitative estimate of drug-likeness (QED) is 0.691. The summed E-state index contributed by atoms with van der Waals surface area (Å²) < 4.78 is 3.70. The smallest absolute Gasteiger partial charge is 0.265 e. The van der Waals surface area contributed by atoms with Gasteiger partial charge in [0, 0.05) is 25.6 Å². The Labute approximate surface area is 168 Å². The zero-order chi connectivity index (χ0) is 19.5. The number of hydrogen-bond acceptors (Lipinski definition) is 5. The van der Waals surface area contributed by atoms with Crippen LogP contribution in [0.15, 0.2) is 53.9 Å². The van der Waals surface area contributed by atoms with Crippen LogP contribution in [0.5, 0.6) is 0 Å². The zero-order valence-electron chi connectivity index (χ0n) is 16.1. The Hall–Kier alpha value is -3.42. The minimum Gasteiger partial charge on any atom is -0.289 e. The molecule has 0 radical (unpaired) electrons. The summed E-state index contributed by atoms with van der Waals surface area (Å²) in [6, 6.07) is 10.7. The van der Waals surface area contributed by atoms with Crippen molar-refractivity contribution < 1.29 is 4.79 Å². The first-order valence-corrected chi connectivity index (χ1v) is 10.0. The number of aliphatic imine (C=N–C) groups is 1. The maximum Gasteiger partial charge on any atom is 0.265 e. The lowest BCUT2D eigenvalue weighted by atomic mass is 10.1. The monoisotopic (exact) mass is 387 g/mol. The van der Waals surface area contributed by atoms with Crippen LogP contribution in [-0.4, -0.2) is 55.5 Å². The van der Waals surface area contributed by atoms with Gasteiger partial charge in [0.15, 0.2) is 5.82 Å². The molecule has 2 aliphatic heterocycles. The summed E-state index contributed by atoms with van der Waals surface area (Å²) in [5.74, 6) is 1.48. The first-order valence-electron chi connectivity index (χ1n) is 10.0. The number of nitrogens with zero attached hydrogens (tertiary/aromatic N) is 7. The zero-order valence-corrected chi connectivity index (χ0v) is 16.1. The predicted molar refractivity (Wildman–Crippen MR) is 108 cm³/mol. The highest BCUT2D eigenvalue weighted by Gasteiger charge is 2.48. The molecule has 1 aromatic carbocycles. The third-order valence-electron chi connectivity index (χ3n) is 6.13. The van der Waals surface area contributed by atoms with Gasteiger partial charge < -0.3 is 0 Å². The fourth-order valence-electron chi connectivity index (χ4n) is 4.69. The molecular weight excluding hydrogens is 366 g/mol. The highest BCUT2D eigenvalue weighted by Crippen LogP contribution is 2.39. The van der Waals surface area contributed by atoms with Crippen molar-refractivity contribution in [2.45, 2.75) is 37.9 Å². The maximum absolute atomic E-state index is 12.9. The largest absolute Gasteiger partial charge is 0.289 e. The highest BCUT2D eigenvalue weighted by molar-refractivity contribution is 6.18. The summed E-state index contributed by atoms with van der Waals surface area (Å²) >= 11 is 0. The number of rotatable bonds is 3. The number of amides is 1. The van der Waals surface area contributed by atoms with Crippen molar-refractivity contribution in [3.63, 3.8) is 0 Å². The topological polar surface area (TPSA) is 71.6 Å². The first kappa shape index (κ1) is 16.5. The summed E-state index contributed by atoms with van der Waals surface area (Å²) in [5, 5.41) is 9.06. The second kappa shape index (κ2) is 6.04. The van der Waals surface area contributed by atoms with Crippen LogP contribution in [0.4, 0.5) is 5.82 Å². The molecule has 0 saturated heterocycles. The summed E-state index contributed by atoms with van der Waals surface area (Å²) in [4.78, 5) is 21.6. The number of aromatic nitrogens is 4. The van der Waals surface area contributed by atoms with E-state index in [-0.39, 0.29) is 11.9 Å². The van der Waals surface area contributed by atoms with Gasteiger partial charge in [-0.1, -0.05) is 12.1 Å². The Morgan fingerprint density at radius 2 is 2.03 bits per heavy atom. The van der Waals surface area contributed by atoms with Crippen molar-refractivity contribution in [1.82, 2.24) is 24.5 Å². The van der Waals surface area contributed by atoms with Gasteiger partial charge in [-0.3, -0.25) is 19.3 Å². The molecule has 146 valence electrons. The number of fused-ring (bicyclic) bond motifs is 5. The molecule has 2 aromatic heterocycles. The maximum atomic E-state index is 12.9. The van der Waals surface area contributed by atoms with Gasteiger partial charge in [-0.15, -0.1) is 0 Å². The van der Waals surface area contributed by atoms with Gasteiger partial charge in [-0.05, 0) is 43.0 Å². The number of hydrogen-bond donors (Lipinski definition) is 0. The average Bonchev–Trinajstić information content (AvgIpc) is 3.49. The number of carbonyl (C=O) groups is 1. The molecule has 8 heteroatoms. The highest BCUT2D eigenvalue weighted by atomic mass is 16.2. The lowest BCUT2D eigenvalue weighted by molar-refractivity contribution is 0.0865. The van der Waals surface area contributed by atoms with Crippen LogP contribution in [0.2, 0.25) is 0 Å².